The second-order valence-corrected chi connectivity index (χ2v) is 8.88. The van der Waals surface area contributed by atoms with Gasteiger partial charge in [0.05, 0.1) is 11.4 Å². The van der Waals surface area contributed by atoms with E-state index in [2.05, 4.69) is 48.4 Å². The number of ether oxygens (including phenoxy) is 1. The van der Waals surface area contributed by atoms with Gasteiger partial charge in [0.15, 0.2) is 0 Å². The first-order valence-corrected chi connectivity index (χ1v) is 11.4. The summed E-state index contributed by atoms with van der Waals surface area (Å²) in [5, 5.41) is 11.7. The van der Waals surface area contributed by atoms with Gasteiger partial charge in [-0.25, -0.2) is 0 Å². The third kappa shape index (κ3) is 4.67. The summed E-state index contributed by atoms with van der Waals surface area (Å²) in [7, 11) is 1.68. The van der Waals surface area contributed by atoms with Crippen molar-refractivity contribution in [2.75, 3.05) is 18.6 Å². The molecule has 1 N–H and O–H groups in total. The fraction of sp³-hybridized carbons (Fsp3) is 0.385. The number of rotatable bonds is 4. The maximum absolute atomic E-state index is 13.1. The minimum Gasteiger partial charge on any atom is -0.489 e. The van der Waals surface area contributed by atoms with Gasteiger partial charge in [0.1, 0.15) is 24.1 Å². The van der Waals surface area contributed by atoms with Crippen molar-refractivity contribution >= 4 is 28.9 Å². The van der Waals surface area contributed by atoms with E-state index in [4.69, 9.17) is 4.74 Å². The number of likely N-dealkylation sites (N-methyl/N-ethyl adjacent to an activating group) is 1. The molecule has 4 rings (SSSR count). The summed E-state index contributed by atoms with van der Waals surface area (Å²) in [6, 6.07) is 16.7. The quantitative estimate of drug-likeness (QED) is 0.775. The van der Waals surface area contributed by atoms with Crippen molar-refractivity contribution in [1.82, 2.24) is 5.32 Å². The highest BCUT2D eigenvalue weighted by Crippen LogP contribution is 2.31. The summed E-state index contributed by atoms with van der Waals surface area (Å²) < 4.78 is 5.81. The number of carbonyl (C=O) groups excluding carboxylic acids is 2. The van der Waals surface area contributed by atoms with E-state index in [0.29, 0.717) is 23.6 Å². The fourth-order valence-corrected chi connectivity index (χ4v) is 4.35. The van der Waals surface area contributed by atoms with Gasteiger partial charge < -0.3 is 15.0 Å². The van der Waals surface area contributed by atoms with E-state index in [0.717, 1.165) is 5.71 Å². The smallest absolute Gasteiger partial charge is 0.268 e. The van der Waals surface area contributed by atoms with Crippen molar-refractivity contribution in [3.05, 3.63) is 60.2 Å². The number of hydrogen-bond donors (Lipinski definition) is 1. The second kappa shape index (κ2) is 9.57. The summed E-state index contributed by atoms with van der Waals surface area (Å²) in [4.78, 5) is 27.6. The van der Waals surface area contributed by atoms with Crippen LogP contribution in [0.15, 0.2) is 64.8 Å². The van der Waals surface area contributed by atoms with E-state index in [1.165, 1.54) is 10.5 Å². The van der Waals surface area contributed by atoms with Gasteiger partial charge in [-0.2, -0.15) is 5.10 Å². The minimum absolute atomic E-state index is 0.0602. The number of para-hydroxylation sites is 2. The molecule has 0 fully saturated rings. The molecular formula is C26H30N4O3. The maximum atomic E-state index is 13.1. The van der Waals surface area contributed by atoms with E-state index in [1.807, 2.05) is 42.5 Å². The third-order valence-corrected chi connectivity index (χ3v) is 6.69. The highest BCUT2D eigenvalue weighted by molar-refractivity contribution is 6.39. The van der Waals surface area contributed by atoms with Crippen LogP contribution in [0, 0.1) is 11.8 Å². The Bertz CT molecular complexity index is 1100. The van der Waals surface area contributed by atoms with Crippen LogP contribution in [0.3, 0.4) is 0 Å². The van der Waals surface area contributed by atoms with Crippen molar-refractivity contribution in [2.45, 2.75) is 39.2 Å². The van der Waals surface area contributed by atoms with Gasteiger partial charge in [-0.15, -0.1) is 5.10 Å². The molecule has 0 saturated heterocycles. The first kappa shape index (κ1) is 22.7. The summed E-state index contributed by atoms with van der Waals surface area (Å²) in [5.41, 5.74) is 3.14. The van der Waals surface area contributed by atoms with Gasteiger partial charge in [0.25, 0.3) is 11.8 Å². The molecule has 0 bridgehead atoms. The fourth-order valence-electron chi connectivity index (χ4n) is 4.35. The Balaban J connectivity index is 1.53. The van der Waals surface area contributed by atoms with Crippen LogP contribution in [0.4, 0.5) is 5.69 Å². The topological polar surface area (TPSA) is 83.4 Å². The second-order valence-electron chi connectivity index (χ2n) is 8.88. The average molecular weight is 447 g/mol. The Labute approximate surface area is 194 Å². The lowest BCUT2D eigenvalue weighted by Gasteiger charge is -2.24. The Hall–Kier alpha value is -3.48. The lowest BCUT2D eigenvalue weighted by Crippen LogP contribution is -2.51. The van der Waals surface area contributed by atoms with Crippen LogP contribution in [-0.4, -0.2) is 42.9 Å². The highest BCUT2D eigenvalue weighted by Gasteiger charge is 2.33. The van der Waals surface area contributed by atoms with E-state index >= 15 is 0 Å². The largest absolute Gasteiger partial charge is 0.489 e. The molecule has 2 aromatic carbocycles. The number of amides is 2. The van der Waals surface area contributed by atoms with Gasteiger partial charge in [0, 0.05) is 19.4 Å². The molecule has 2 aliphatic rings. The molecule has 1 unspecified atom stereocenters. The zero-order valence-corrected chi connectivity index (χ0v) is 19.5. The number of anilines is 1. The van der Waals surface area contributed by atoms with E-state index in [-0.39, 0.29) is 36.2 Å². The van der Waals surface area contributed by atoms with Crippen LogP contribution >= 0.6 is 0 Å². The Kier molecular flexibility index (Phi) is 6.58. The predicted octanol–water partition coefficient (Wildman–Crippen LogP) is 3.80. The summed E-state index contributed by atoms with van der Waals surface area (Å²) in [5.74, 6) is 0.438. The van der Waals surface area contributed by atoms with Crippen LogP contribution in [0.25, 0.3) is 0 Å². The van der Waals surface area contributed by atoms with E-state index in [9.17, 15) is 9.59 Å². The van der Waals surface area contributed by atoms with Gasteiger partial charge in [-0.1, -0.05) is 63.2 Å². The molecule has 2 amide bonds. The van der Waals surface area contributed by atoms with Crippen molar-refractivity contribution in [1.29, 1.82) is 0 Å². The number of carbonyl (C=O) groups is 2. The third-order valence-electron chi connectivity index (χ3n) is 6.69. The molecule has 0 aliphatic carbocycles. The van der Waals surface area contributed by atoms with E-state index in [1.54, 1.807) is 7.05 Å². The maximum Gasteiger partial charge on any atom is 0.268 e. The zero-order valence-electron chi connectivity index (χ0n) is 19.5. The summed E-state index contributed by atoms with van der Waals surface area (Å²) in [6.45, 7) is 6.42. The van der Waals surface area contributed by atoms with Crippen LogP contribution in [-0.2, 0) is 9.59 Å². The van der Waals surface area contributed by atoms with Gasteiger partial charge >= 0.3 is 0 Å². The predicted molar refractivity (Wildman–Crippen MR) is 130 cm³/mol. The Morgan fingerprint density at radius 3 is 2.55 bits per heavy atom. The molecule has 2 aliphatic heterocycles. The molecule has 0 aromatic heterocycles. The summed E-state index contributed by atoms with van der Waals surface area (Å²) in [6.07, 6.45) is 0.485. The Morgan fingerprint density at radius 2 is 1.79 bits per heavy atom. The van der Waals surface area contributed by atoms with Crippen molar-refractivity contribution in [3.8, 4) is 5.75 Å². The van der Waals surface area contributed by atoms with Crippen LogP contribution in [0.1, 0.15) is 38.7 Å². The molecule has 33 heavy (non-hydrogen) atoms. The van der Waals surface area contributed by atoms with Crippen LogP contribution in [0.2, 0.25) is 0 Å². The SMILES string of the molecule is CC1C([C@H](C)c2ccccc2)=NN=C(C(=O)N[C@H]2COc3ccccc3N(C)C2=O)C[C@H]1C. The zero-order chi connectivity index (χ0) is 23.5. The Morgan fingerprint density at radius 1 is 1.09 bits per heavy atom. The number of benzene rings is 2. The van der Waals surface area contributed by atoms with Crippen LogP contribution in [0.5, 0.6) is 5.75 Å². The standard InChI is InChI=1S/C26H30N4O3/c1-16-14-20(28-29-24(17(16)2)18(3)19-10-6-5-7-11-19)25(31)27-21-15-33-23-13-9-8-12-22(23)30(4)26(21)32/h5-13,16-18,21H,14-15H2,1-4H3,(H,27,31)/t16-,17?,18-,21+/m1/s1. The number of nitrogens with zero attached hydrogens (tertiary/aromatic N) is 3. The number of nitrogens with one attached hydrogen (secondary N) is 1. The average Bonchev–Trinajstić information content (AvgIpc) is 3.06. The minimum atomic E-state index is -0.805. The van der Waals surface area contributed by atoms with Gasteiger partial charge in [-0.05, 0) is 29.5 Å². The molecule has 7 heteroatoms. The molecule has 172 valence electrons. The van der Waals surface area contributed by atoms with E-state index < -0.39 is 6.04 Å². The summed E-state index contributed by atoms with van der Waals surface area (Å²) >= 11 is 0. The molecule has 4 atom stereocenters. The molecule has 0 saturated carbocycles. The number of fused-ring (bicyclic) bond motifs is 1. The van der Waals surface area contributed by atoms with Crippen molar-refractivity contribution < 1.29 is 14.3 Å². The lowest BCUT2D eigenvalue weighted by atomic mass is 9.81. The first-order valence-electron chi connectivity index (χ1n) is 11.4. The molecule has 0 spiro atoms. The highest BCUT2D eigenvalue weighted by atomic mass is 16.5. The van der Waals surface area contributed by atoms with Crippen LogP contribution < -0.4 is 15.0 Å². The first-order chi connectivity index (χ1) is 15.9. The molecule has 2 heterocycles. The molecule has 0 radical (unpaired) electrons. The van der Waals surface area contributed by atoms with Gasteiger partial charge in [-0.3, -0.25) is 9.59 Å². The molecular weight excluding hydrogens is 416 g/mol. The van der Waals surface area contributed by atoms with Gasteiger partial charge in [0.2, 0.25) is 0 Å². The molecule has 2 aromatic rings. The monoisotopic (exact) mass is 446 g/mol. The lowest BCUT2D eigenvalue weighted by molar-refractivity contribution is -0.124. The number of hydrogen-bond acceptors (Lipinski definition) is 5. The normalized spacial score (nSPS) is 23.8. The van der Waals surface area contributed by atoms with Crippen molar-refractivity contribution in [2.24, 2.45) is 22.0 Å². The molecule has 7 nitrogen and oxygen atoms in total. The van der Waals surface area contributed by atoms with Crippen molar-refractivity contribution in [3.63, 3.8) is 0 Å².